The first-order chi connectivity index (χ1) is 13.3. The molecule has 1 aromatic carbocycles. The fourth-order valence-electron chi connectivity index (χ4n) is 3.91. The fourth-order valence-corrected chi connectivity index (χ4v) is 3.91. The molecular weight excluding hydrogens is 338 g/mol. The predicted molar refractivity (Wildman–Crippen MR) is 108 cm³/mol. The van der Waals surface area contributed by atoms with Crippen molar-refractivity contribution in [2.45, 2.75) is 51.0 Å². The van der Waals surface area contributed by atoms with Gasteiger partial charge in [-0.3, -0.25) is 4.79 Å². The van der Waals surface area contributed by atoms with Crippen molar-refractivity contribution in [1.29, 1.82) is 0 Å². The maximum absolute atomic E-state index is 12.4. The highest BCUT2D eigenvalue weighted by Crippen LogP contribution is 2.23. The SMILES string of the molecule is O=C(Nc1ccc(N2CCCC2)cc1)c1ccc(NC2CCCCC2)nn1. The molecule has 2 aliphatic rings. The zero-order chi connectivity index (χ0) is 18.5. The minimum Gasteiger partial charge on any atom is -0.372 e. The molecule has 1 amide bonds. The molecule has 142 valence electrons. The van der Waals surface area contributed by atoms with E-state index >= 15 is 0 Å². The number of amides is 1. The maximum atomic E-state index is 12.4. The molecule has 1 saturated heterocycles. The van der Waals surface area contributed by atoms with Crippen LogP contribution in [0.1, 0.15) is 55.4 Å². The molecule has 1 aliphatic heterocycles. The lowest BCUT2D eigenvalue weighted by Gasteiger charge is -2.22. The highest BCUT2D eigenvalue weighted by molar-refractivity contribution is 6.02. The number of benzene rings is 1. The van der Waals surface area contributed by atoms with E-state index in [-0.39, 0.29) is 5.91 Å². The van der Waals surface area contributed by atoms with Crippen LogP contribution in [0.15, 0.2) is 36.4 Å². The van der Waals surface area contributed by atoms with Crippen molar-refractivity contribution in [2.24, 2.45) is 0 Å². The van der Waals surface area contributed by atoms with Gasteiger partial charge in [-0.1, -0.05) is 19.3 Å². The zero-order valence-electron chi connectivity index (χ0n) is 15.7. The standard InChI is InChI=1S/C21H27N5O/c27-21(23-17-8-10-18(11-9-17)26-14-4-5-15-26)19-12-13-20(25-24-19)22-16-6-2-1-3-7-16/h8-13,16H,1-7,14-15H2,(H,22,25)(H,23,27). The minimum atomic E-state index is -0.236. The number of carbonyl (C=O) groups excluding carboxylic acids is 1. The van der Waals surface area contributed by atoms with Gasteiger partial charge >= 0.3 is 0 Å². The van der Waals surface area contributed by atoms with E-state index in [1.807, 2.05) is 18.2 Å². The van der Waals surface area contributed by atoms with E-state index in [1.54, 1.807) is 6.07 Å². The molecule has 2 heterocycles. The van der Waals surface area contributed by atoms with Gasteiger partial charge in [-0.2, -0.15) is 0 Å². The summed E-state index contributed by atoms with van der Waals surface area (Å²) in [5.41, 5.74) is 2.31. The zero-order valence-corrected chi connectivity index (χ0v) is 15.7. The Bertz CT molecular complexity index is 747. The maximum Gasteiger partial charge on any atom is 0.276 e. The molecule has 6 nitrogen and oxygen atoms in total. The van der Waals surface area contributed by atoms with Gasteiger partial charge in [0, 0.05) is 30.5 Å². The average Bonchev–Trinajstić information content (AvgIpc) is 3.25. The Morgan fingerprint density at radius 3 is 2.30 bits per heavy atom. The van der Waals surface area contributed by atoms with Crippen LogP contribution in [0.2, 0.25) is 0 Å². The van der Waals surface area contributed by atoms with Crippen LogP contribution in [0.5, 0.6) is 0 Å². The third kappa shape index (κ3) is 4.56. The smallest absolute Gasteiger partial charge is 0.276 e. The van der Waals surface area contributed by atoms with Gasteiger partial charge in [-0.05, 0) is 62.1 Å². The molecule has 2 fully saturated rings. The Labute approximate surface area is 160 Å². The summed E-state index contributed by atoms with van der Waals surface area (Å²) in [5, 5.41) is 14.6. The monoisotopic (exact) mass is 365 g/mol. The lowest BCUT2D eigenvalue weighted by Crippen LogP contribution is -2.23. The summed E-state index contributed by atoms with van der Waals surface area (Å²) in [4.78, 5) is 14.8. The number of carbonyl (C=O) groups is 1. The van der Waals surface area contributed by atoms with Gasteiger partial charge in [0.15, 0.2) is 5.69 Å². The first kappa shape index (κ1) is 17.8. The second kappa shape index (κ2) is 8.37. The third-order valence-electron chi connectivity index (χ3n) is 5.45. The van der Waals surface area contributed by atoms with Crippen molar-refractivity contribution in [2.75, 3.05) is 28.6 Å². The summed E-state index contributed by atoms with van der Waals surface area (Å²) < 4.78 is 0. The second-order valence-electron chi connectivity index (χ2n) is 7.48. The van der Waals surface area contributed by atoms with Crippen LogP contribution < -0.4 is 15.5 Å². The number of nitrogens with zero attached hydrogens (tertiary/aromatic N) is 3. The van der Waals surface area contributed by atoms with Crippen molar-refractivity contribution in [3.63, 3.8) is 0 Å². The summed E-state index contributed by atoms with van der Waals surface area (Å²) in [6.07, 6.45) is 8.71. The molecule has 2 N–H and O–H groups in total. The average molecular weight is 365 g/mol. The van der Waals surface area contributed by atoms with Gasteiger partial charge in [0.05, 0.1) is 0 Å². The van der Waals surface area contributed by atoms with E-state index in [4.69, 9.17) is 0 Å². The van der Waals surface area contributed by atoms with E-state index in [0.29, 0.717) is 11.7 Å². The first-order valence-electron chi connectivity index (χ1n) is 10.0. The normalized spacial score (nSPS) is 17.7. The summed E-state index contributed by atoms with van der Waals surface area (Å²) in [6, 6.07) is 12.0. The van der Waals surface area contributed by atoms with Crippen molar-refractivity contribution < 1.29 is 4.79 Å². The van der Waals surface area contributed by atoms with Gasteiger partial charge in [-0.15, -0.1) is 10.2 Å². The molecule has 2 aromatic rings. The predicted octanol–water partition coefficient (Wildman–Crippen LogP) is 4.07. The van der Waals surface area contributed by atoms with Gasteiger partial charge in [0.2, 0.25) is 0 Å². The van der Waals surface area contributed by atoms with Crippen molar-refractivity contribution in [3.8, 4) is 0 Å². The van der Waals surface area contributed by atoms with Crippen molar-refractivity contribution in [3.05, 3.63) is 42.1 Å². The van der Waals surface area contributed by atoms with E-state index in [9.17, 15) is 4.79 Å². The van der Waals surface area contributed by atoms with E-state index in [0.717, 1.165) is 24.6 Å². The van der Waals surface area contributed by atoms with Crippen molar-refractivity contribution >= 4 is 23.1 Å². The number of nitrogens with one attached hydrogen (secondary N) is 2. The van der Waals surface area contributed by atoms with Gasteiger partial charge in [-0.25, -0.2) is 0 Å². The molecule has 1 aliphatic carbocycles. The molecule has 4 rings (SSSR count). The molecule has 0 atom stereocenters. The minimum absolute atomic E-state index is 0.236. The third-order valence-corrected chi connectivity index (χ3v) is 5.45. The summed E-state index contributed by atoms with van der Waals surface area (Å²) >= 11 is 0. The molecular formula is C21H27N5O. The highest BCUT2D eigenvalue weighted by Gasteiger charge is 2.15. The van der Waals surface area contributed by atoms with Gasteiger partial charge in [0.25, 0.3) is 5.91 Å². The molecule has 0 unspecified atom stereocenters. The van der Waals surface area contributed by atoms with E-state index in [1.165, 1.54) is 50.6 Å². The summed E-state index contributed by atoms with van der Waals surface area (Å²) in [7, 11) is 0. The Morgan fingerprint density at radius 2 is 1.63 bits per heavy atom. The number of rotatable bonds is 5. The molecule has 1 saturated carbocycles. The van der Waals surface area contributed by atoms with Crippen LogP contribution in [0.25, 0.3) is 0 Å². The van der Waals surface area contributed by atoms with Crippen LogP contribution in [0.3, 0.4) is 0 Å². The Hall–Kier alpha value is -2.63. The van der Waals surface area contributed by atoms with Crippen LogP contribution in [-0.2, 0) is 0 Å². The largest absolute Gasteiger partial charge is 0.372 e. The van der Waals surface area contributed by atoms with Crippen LogP contribution in [0.4, 0.5) is 17.2 Å². The van der Waals surface area contributed by atoms with Crippen molar-refractivity contribution in [1.82, 2.24) is 10.2 Å². The lowest BCUT2D eigenvalue weighted by atomic mass is 9.95. The fraction of sp³-hybridized carbons (Fsp3) is 0.476. The van der Waals surface area contributed by atoms with Crippen LogP contribution in [-0.4, -0.2) is 35.2 Å². The van der Waals surface area contributed by atoms with Crippen LogP contribution in [0, 0.1) is 0 Å². The quantitative estimate of drug-likeness (QED) is 0.836. The molecule has 6 heteroatoms. The topological polar surface area (TPSA) is 70.2 Å². The molecule has 1 aromatic heterocycles. The first-order valence-corrected chi connectivity index (χ1v) is 10.0. The highest BCUT2D eigenvalue weighted by atomic mass is 16.1. The Morgan fingerprint density at radius 1 is 0.889 bits per heavy atom. The van der Waals surface area contributed by atoms with Gasteiger partial charge in [0.1, 0.15) is 5.82 Å². The molecule has 0 radical (unpaired) electrons. The number of anilines is 3. The lowest BCUT2D eigenvalue weighted by molar-refractivity contribution is 0.102. The number of aromatic nitrogens is 2. The Balaban J connectivity index is 1.33. The van der Waals surface area contributed by atoms with E-state index in [2.05, 4.69) is 37.9 Å². The van der Waals surface area contributed by atoms with E-state index < -0.39 is 0 Å². The molecule has 27 heavy (non-hydrogen) atoms. The number of hydrogen-bond acceptors (Lipinski definition) is 5. The Kier molecular flexibility index (Phi) is 5.51. The number of hydrogen-bond donors (Lipinski definition) is 2. The summed E-state index contributed by atoms with van der Waals surface area (Å²) in [6.45, 7) is 2.23. The molecule has 0 spiro atoms. The second-order valence-corrected chi connectivity index (χ2v) is 7.48. The molecule has 0 bridgehead atoms. The van der Waals surface area contributed by atoms with Gasteiger partial charge < -0.3 is 15.5 Å². The van der Waals surface area contributed by atoms with Crippen LogP contribution >= 0.6 is 0 Å². The summed E-state index contributed by atoms with van der Waals surface area (Å²) in [5.74, 6) is 0.508.